The highest BCUT2D eigenvalue weighted by molar-refractivity contribution is 9.11. The van der Waals surface area contributed by atoms with Gasteiger partial charge in [-0.05, 0) is 24.4 Å². The van der Waals surface area contributed by atoms with E-state index >= 15 is 0 Å². The van der Waals surface area contributed by atoms with Crippen LogP contribution in [0.2, 0.25) is 0 Å². The zero-order valence-electron chi connectivity index (χ0n) is 8.82. The van der Waals surface area contributed by atoms with Crippen LogP contribution in [0.25, 0.3) is 0 Å². The normalized spacial score (nSPS) is 21.8. The molecule has 1 atom stereocenters. The van der Waals surface area contributed by atoms with Crippen LogP contribution in [-0.4, -0.2) is 24.5 Å². The number of benzene rings is 1. The second kappa shape index (κ2) is 4.95. The number of nitrogens with zero attached hydrogens (tertiary/aromatic N) is 1. The summed E-state index contributed by atoms with van der Waals surface area (Å²) >= 11 is 3.42. The van der Waals surface area contributed by atoms with Crippen molar-refractivity contribution in [1.82, 2.24) is 4.90 Å². The third kappa shape index (κ3) is 2.93. The molecular formula is C13H16BrN. The minimum atomic E-state index is 0.707. The molecule has 0 amide bonds. The van der Waals surface area contributed by atoms with E-state index in [2.05, 4.69) is 57.7 Å². The molecular weight excluding hydrogens is 250 g/mol. The summed E-state index contributed by atoms with van der Waals surface area (Å²) < 4.78 is 1.08. The molecule has 1 heterocycles. The number of hydrogen-bond donors (Lipinski definition) is 0. The molecule has 1 fully saturated rings. The van der Waals surface area contributed by atoms with Crippen LogP contribution in [0, 0.1) is 0 Å². The van der Waals surface area contributed by atoms with Gasteiger partial charge >= 0.3 is 0 Å². The van der Waals surface area contributed by atoms with Crippen molar-refractivity contribution in [2.45, 2.75) is 12.3 Å². The fraction of sp³-hybridized carbons (Fsp3) is 0.385. The van der Waals surface area contributed by atoms with E-state index in [9.17, 15) is 0 Å². The lowest BCUT2D eigenvalue weighted by Gasteiger charge is -2.15. The molecule has 1 saturated heterocycles. The SMILES string of the molecule is C=C(Br)CN1CCC(c2ccccc2)C1. The van der Waals surface area contributed by atoms with E-state index < -0.39 is 0 Å². The Morgan fingerprint density at radius 3 is 2.80 bits per heavy atom. The highest BCUT2D eigenvalue weighted by atomic mass is 79.9. The van der Waals surface area contributed by atoms with Gasteiger partial charge in [0.05, 0.1) is 0 Å². The van der Waals surface area contributed by atoms with E-state index in [0.717, 1.165) is 17.6 Å². The molecule has 0 radical (unpaired) electrons. The first-order valence-electron chi connectivity index (χ1n) is 5.36. The van der Waals surface area contributed by atoms with Crippen LogP contribution >= 0.6 is 15.9 Å². The second-order valence-electron chi connectivity index (χ2n) is 4.15. The molecule has 0 spiro atoms. The molecule has 0 aliphatic carbocycles. The summed E-state index contributed by atoms with van der Waals surface area (Å²) in [5, 5.41) is 0. The first-order chi connectivity index (χ1) is 7.25. The highest BCUT2D eigenvalue weighted by Crippen LogP contribution is 2.27. The monoisotopic (exact) mass is 265 g/mol. The Labute approximate surface area is 99.9 Å². The maximum atomic E-state index is 3.89. The van der Waals surface area contributed by atoms with Crippen LogP contribution in [0.1, 0.15) is 17.9 Å². The Morgan fingerprint density at radius 1 is 1.40 bits per heavy atom. The molecule has 1 aromatic rings. The Kier molecular flexibility index (Phi) is 3.60. The van der Waals surface area contributed by atoms with E-state index in [0.29, 0.717) is 5.92 Å². The molecule has 0 N–H and O–H groups in total. The van der Waals surface area contributed by atoms with Gasteiger partial charge in [0, 0.05) is 17.6 Å². The van der Waals surface area contributed by atoms with Crippen LogP contribution in [0.3, 0.4) is 0 Å². The molecule has 0 saturated carbocycles. The van der Waals surface area contributed by atoms with Crippen molar-refractivity contribution in [3.05, 3.63) is 47.0 Å². The molecule has 80 valence electrons. The second-order valence-corrected chi connectivity index (χ2v) is 5.27. The van der Waals surface area contributed by atoms with E-state index in [-0.39, 0.29) is 0 Å². The predicted octanol–water partition coefficient (Wildman–Crippen LogP) is 3.38. The van der Waals surface area contributed by atoms with Gasteiger partial charge < -0.3 is 0 Å². The zero-order chi connectivity index (χ0) is 10.7. The van der Waals surface area contributed by atoms with Crippen molar-refractivity contribution in [3.63, 3.8) is 0 Å². The van der Waals surface area contributed by atoms with Gasteiger partial charge in [0.15, 0.2) is 0 Å². The molecule has 1 unspecified atom stereocenters. The van der Waals surface area contributed by atoms with Crippen molar-refractivity contribution in [2.75, 3.05) is 19.6 Å². The summed E-state index contributed by atoms with van der Waals surface area (Å²) in [4.78, 5) is 2.45. The van der Waals surface area contributed by atoms with Gasteiger partial charge in [-0.25, -0.2) is 0 Å². The maximum absolute atomic E-state index is 3.89. The summed E-state index contributed by atoms with van der Waals surface area (Å²) in [6.07, 6.45) is 1.27. The third-order valence-corrected chi connectivity index (χ3v) is 3.19. The summed E-state index contributed by atoms with van der Waals surface area (Å²) in [5.41, 5.74) is 1.47. The predicted molar refractivity (Wildman–Crippen MR) is 68.3 cm³/mol. The number of hydrogen-bond acceptors (Lipinski definition) is 1. The van der Waals surface area contributed by atoms with Crippen molar-refractivity contribution in [3.8, 4) is 0 Å². The molecule has 0 aromatic heterocycles. The fourth-order valence-corrected chi connectivity index (χ4v) is 2.57. The van der Waals surface area contributed by atoms with Crippen LogP contribution < -0.4 is 0 Å². The lowest BCUT2D eigenvalue weighted by atomic mass is 9.99. The summed E-state index contributed by atoms with van der Waals surface area (Å²) in [7, 11) is 0. The van der Waals surface area contributed by atoms with Gasteiger partial charge in [0.1, 0.15) is 0 Å². The third-order valence-electron chi connectivity index (χ3n) is 2.94. The molecule has 1 nitrogen and oxygen atoms in total. The summed E-state index contributed by atoms with van der Waals surface area (Å²) in [5.74, 6) is 0.707. The van der Waals surface area contributed by atoms with E-state index in [1.165, 1.54) is 18.5 Å². The standard InChI is InChI=1S/C13H16BrN/c1-11(14)9-15-8-7-13(10-15)12-5-3-2-4-6-12/h2-6,13H,1,7-10H2. The smallest absolute Gasteiger partial charge is 0.0294 e. The Hall–Kier alpha value is -0.600. The Bertz CT molecular complexity index is 334. The minimum Gasteiger partial charge on any atom is -0.298 e. The zero-order valence-corrected chi connectivity index (χ0v) is 10.4. The van der Waals surface area contributed by atoms with Crippen molar-refractivity contribution < 1.29 is 0 Å². The van der Waals surface area contributed by atoms with Crippen LogP contribution in [0.5, 0.6) is 0 Å². The average Bonchev–Trinajstić information content (AvgIpc) is 2.67. The lowest BCUT2D eigenvalue weighted by Crippen LogP contribution is -2.21. The van der Waals surface area contributed by atoms with Gasteiger partial charge in [-0.2, -0.15) is 0 Å². The Balaban J connectivity index is 1.96. The topological polar surface area (TPSA) is 3.24 Å². The Morgan fingerprint density at radius 2 is 2.13 bits per heavy atom. The van der Waals surface area contributed by atoms with Gasteiger partial charge in [-0.3, -0.25) is 4.90 Å². The fourth-order valence-electron chi connectivity index (χ4n) is 2.22. The molecule has 2 rings (SSSR count). The van der Waals surface area contributed by atoms with Gasteiger partial charge in [-0.15, -0.1) is 0 Å². The molecule has 2 heteroatoms. The number of halogens is 1. The van der Waals surface area contributed by atoms with E-state index in [1.54, 1.807) is 0 Å². The van der Waals surface area contributed by atoms with Crippen LogP contribution in [-0.2, 0) is 0 Å². The van der Waals surface area contributed by atoms with Gasteiger partial charge in [-0.1, -0.05) is 52.8 Å². The van der Waals surface area contributed by atoms with Crippen molar-refractivity contribution >= 4 is 15.9 Å². The maximum Gasteiger partial charge on any atom is 0.0294 e. The highest BCUT2D eigenvalue weighted by Gasteiger charge is 2.23. The first-order valence-corrected chi connectivity index (χ1v) is 6.15. The average molecular weight is 266 g/mol. The molecule has 1 aromatic carbocycles. The minimum absolute atomic E-state index is 0.707. The van der Waals surface area contributed by atoms with Crippen molar-refractivity contribution in [1.29, 1.82) is 0 Å². The summed E-state index contributed by atoms with van der Waals surface area (Å²) in [6, 6.07) is 10.8. The van der Waals surface area contributed by atoms with Gasteiger partial charge in [0.2, 0.25) is 0 Å². The quantitative estimate of drug-likeness (QED) is 0.810. The molecule has 1 aliphatic heterocycles. The van der Waals surface area contributed by atoms with Gasteiger partial charge in [0.25, 0.3) is 0 Å². The number of likely N-dealkylation sites (tertiary alicyclic amines) is 1. The molecule has 15 heavy (non-hydrogen) atoms. The van der Waals surface area contributed by atoms with E-state index in [1.807, 2.05) is 0 Å². The van der Waals surface area contributed by atoms with E-state index in [4.69, 9.17) is 0 Å². The summed E-state index contributed by atoms with van der Waals surface area (Å²) in [6.45, 7) is 7.21. The largest absolute Gasteiger partial charge is 0.298 e. The number of rotatable bonds is 3. The molecule has 0 bridgehead atoms. The van der Waals surface area contributed by atoms with Crippen molar-refractivity contribution in [2.24, 2.45) is 0 Å². The van der Waals surface area contributed by atoms with Crippen LogP contribution in [0.4, 0.5) is 0 Å². The first kappa shape index (κ1) is 10.9. The molecule has 1 aliphatic rings. The lowest BCUT2D eigenvalue weighted by molar-refractivity contribution is 0.370. The van der Waals surface area contributed by atoms with Crippen LogP contribution in [0.15, 0.2) is 41.4 Å².